The summed E-state index contributed by atoms with van der Waals surface area (Å²) in [5.41, 5.74) is 7.02. The van der Waals surface area contributed by atoms with Gasteiger partial charge in [-0.15, -0.1) is 0 Å². The maximum atomic E-state index is 10.4. The number of hydrogen-bond acceptors (Lipinski definition) is 5. The fourth-order valence-corrected chi connectivity index (χ4v) is 1.71. The fourth-order valence-electron chi connectivity index (χ4n) is 1.71. The van der Waals surface area contributed by atoms with Gasteiger partial charge in [-0.25, -0.2) is 0 Å². The number of allylic oxidation sites excluding steroid dienone is 1. The highest BCUT2D eigenvalue weighted by molar-refractivity contribution is 5.74. The normalized spacial score (nSPS) is 11.4. The van der Waals surface area contributed by atoms with Crippen LogP contribution in [0.25, 0.3) is 6.08 Å². The molecule has 2 rings (SSSR count). The lowest BCUT2D eigenvalue weighted by Gasteiger charge is -2.05. The molecule has 6 nitrogen and oxygen atoms in total. The highest BCUT2D eigenvalue weighted by atomic mass is 16.4. The van der Waals surface area contributed by atoms with Gasteiger partial charge in [0, 0.05) is 0 Å². The van der Waals surface area contributed by atoms with Crippen molar-refractivity contribution >= 4 is 18.3 Å². The smallest absolute Gasteiger partial charge is 0.320 e. The van der Waals surface area contributed by atoms with Gasteiger partial charge in [0.15, 0.2) is 0 Å². The third kappa shape index (κ3) is 7.24. The average molecular weight is 329 g/mol. The molecule has 0 saturated carbocycles. The number of aromatic hydroxyl groups is 2. The second-order valence-corrected chi connectivity index (χ2v) is 4.90. The predicted octanol–water partition coefficient (Wildman–Crippen LogP) is 1.95. The van der Waals surface area contributed by atoms with Crippen LogP contribution in [0, 0.1) is 0 Å². The summed E-state index contributed by atoms with van der Waals surface area (Å²) in [5, 5.41) is 26.4. The molecule has 0 saturated heterocycles. The number of phenolic OH excluding ortho intramolecular Hbond substituents is 2. The number of aldehydes is 1. The number of carboxylic acid groups (broad SMARTS) is 1. The van der Waals surface area contributed by atoms with E-state index in [9.17, 15) is 9.59 Å². The Morgan fingerprint density at radius 2 is 1.50 bits per heavy atom. The third-order valence-corrected chi connectivity index (χ3v) is 2.97. The van der Waals surface area contributed by atoms with Crippen LogP contribution in [-0.4, -0.2) is 33.6 Å². The number of carboxylic acids is 1. The highest BCUT2D eigenvalue weighted by Crippen LogP contribution is 2.11. The molecule has 0 aliphatic rings. The standard InChI is InChI=1S/C9H11NO3.C9H8O2/c10-8(9(12)13)5-6-1-3-7(11)4-2-6;10-7-1-2-8-3-5-9(11)6-4-8/h1-4,8,11H,5,10H2,(H,12,13);1-7,11H/b;2-1+. The van der Waals surface area contributed by atoms with Gasteiger partial charge < -0.3 is 21.1 Å². The predicted molar refractivity (Wildman–Crippen MR) is 90.6 cm³/mol. The van der Waals surface area contributed by atoms with Gasteiger partial charge in [-0.05, 0) is 47.9 Å². The van der Waals surface area contributed by atoms with Crippen molar-refractivity contribution in [3.05, 3.63) is 65.7 Å². The lowest BCUT2D eigenvalue weighted by Crippen LogP contribution is -2.32. The largest absolute Gasteiger partial charge is 0.508 e. The molecule has 2 aromatic rings. The van der Waals surface area contributed by atoms with Gasteiger partial charge in [0.2, 0.25) is 0 Å². The van der Waals surface area contributed by atoms with Crippen molar-refractivity contribution in [2.45, 2.75) is 12.5 Å². The molecule has 0 spiro atoms. The number of benzene rings is 2. The van der Waals surface area contributed by atoms with E-state index in [1.165, 1.54) is 18.2 Å². The van der Waals surface area contributed by atoms with E-state index in [0.29, 0.717) is 6.29 Å². The van der Waals surface area contributed by atoms with Crippen molar-refractivity contribution in [3.63, 3.8) is 0 Å². The molecule has 0 heterocycles. The van der Waals surface area contributed by atoms with Crippen LogP contribution >= 0.6 is 0 Å². The van der Waals surface area contributed by atoms with Gasteiger partial charge >= 0.3 is 5.97 Å². The summed E-state index contributed by atoms with van der Waals surface area (Å²) < 4.78 is 0. The monoisotopic (exact) mass is 329 g/mol. The first-order valence-corrected chi connectivity index (χ1v) is 7.09. The number of carbonyl (C=O) groups is 2. The molecule has 1 unspecified atom stereocenters. The van der Waals surface area contributed by atoms with Gasteiger partial charge in [0.25, 0.3) is 0 Å². The lowest BCUT2D eigenvalue weighted by atomic mass is 10.1. The molecular formula is C18H19NO5. The SMILES string of the molecule is NC(Cc1ccc(O)cc1)C(=O)O.O=C/C=C/c1ccc(O)cc1. The van der Waals surface area contributed by atoms with Crippen LogP contribution in [0.5, 0.6) is 11.5 Å². The van der Waals surface area contributed by atoms with Crippen LogP contribution in [0.3, 0.4) is 0 Å². The molecule has 6 heteroatoms. The van der Waals surface area contributed by atoms with E-state index >= 15 is 0 Å². The number of rotatable bonds is 5. The van der Waals surface area contributed by atoms with E-state index in [2.05, 4.69) is 0 Å². The summed E-state index contributed by atoms with van der Waals surface area (Å²) in [7, 11) is 0. The van der Waals surface area contributed by atoms with Crippen LogP contribution in [-0.2, 0) is 16.0 Å². The minimum absolute atomic E-state index is 0.160. The van der Waals surface area contributed by atoms with Gasteiger partial charge in [-0.3, -0.25) is 9.59 Å². The summed E-state index contributed by atoms with van der Waals surface area (Å²) >= 11 is 0. The van der Waals surface area contributed by atoms with Gasteiger partial charge in [-0.2, -0.15) is 0 Å². The van der Waals surface area contributed by atoms with E-state index in [1.54, 1.807) is 42.5 Å². The Hall–Kier alpha value is -3.12. The zero-order chi connectivity index (χ0) is 17.9. The summed E-state index contributed by atoms with van der Waals surface area (Å²) in [6, 6.07) is 12.0. The summed E-state index contributed by atoms with van der Waals surface area (Å²) in [4.78, 5) is 20.3. The Morgan fingerprint density at radius 3 is 1.96 bits per heavy atom. The molecular weight excluding hydrogens is 310 g/mol. The van der Waals surface area contributed by atoms with E-state index in [4.69, 9.17) is 21.1 Å². The number of carbonyl (C=O) groups excluding carboxylic acids is 1. The third-order valence-electron chi connectivity index (χ3n) is 2.97. The quantitative estimate of drug-likeness (QED) is 0.491. The first-order valence-electron chi connectivity index (χ1n) is 7.09. The Morgan fingerprint density at radius 1 is 1.00 bits per heavy atom. The Labute approximate surface area is 139 Å². The first kappa shape index (κ1) is 18.9. The van der Waals surface area contributed by atoms with Gasteiger partial charge in [0.1, 0.15) is 23.8 Å². The Balaban J connectivity index is 0.000000243. The Kier molecular flexibility index (Phi) is 7.73. The van der Waals surface area contributed by atoms with Gasteiger partial charge in [0.05, 0.1) is 0 Å². The van der Waals surface area contributed by atoms with Crippen molar-refractivity contribution in [2.24, 2.45) is 5.73 Å². The van der Waals surface area contributed by atoms with Crippen LogP contribution < -0.4 is 5.73 Å². The van der Waals surface area contributed by atoms with Crippen LogP contribution in [0.4, 0.5) is 0 Å². The van der Waals surface area contributed by atoms with E-state index < -0.39 is 12.0 Å². The first-order chi connectivity index (χ1) is 11.4. The maximum absolute atomic E-state index is 10.4. The second kappa shape index (κ2) is 9.81. The van der Waals surface area contributed by atoms with E-state index in [0.717, 1.165) is 11.1 Å². The maximum Gasteiger partial charge on any atom is 0.320 e. The van der Waals surface area contributed by atoms with E-state index in [1.807, 2.05) is 0 Å². The zero-order valence-electron chi connectivity index (χ0n) is 12.9. The molecule has 0 radical (unpaired) electrons. The molecule has 0 aliphatic heterocycles. The van der Waals surface area contributed by atoms with Crippen LogP contribution in [0.2, 0.25) is 0 Å². The molecule has 2 aromatic carbocycles. The molecule has 0 amide bonds. The molecule has 0 fully saturated rings. The number of aliphatic carboxylic acids is 1. The van der Waals surface area contributed by atoms with Crippen LogP contribution in [0.15, 0.2) is 54.6 Å². The molecule has 0 bridgehead atoms. The van der Waals surface area contributed by atoms with Crippen molar-refractivity contribution < 1.29 is 24.9 Å². The van der Waals surface area contributed by atoms with E-state index in [-0.39, 0.29) is 17.9 Å². The Bertz CT molecular complexity index is 678. The number of nitrogens with two attached hydrogens (primary N) is 1. The molecule has 0 aromatic heterocycles. The highest BCUT2D eigenvalue weighted by Gasteiger charge is 2.11. The summed E-state index contributed by atoms with van der Waals surface area (Å²) in [5.74, 6) is -0.631. The number of hydrogen-bond donors (Lipinski definition) is 4. The molecule has 126 valence electrons. The minimum atomic E-state index is -1.02. The second-order valence-electron chi connectivity index (χ2n) is 4.90. The lowest BCUT2D eigenvalue weighted by molar-refractivity contribution is -0.138. The van der Waals surface area contributed by atoms with Crippen molar-refractivity contribution in [2.75, 3.05) is 0 Å². The van der Waals surface area contributed by atoms with Crippen molar-refractivity contribution in [1.82, 2.24) is 0 Å². The molecule has 0 aliphatic carbocycles. The van der Waals surface area contributed by atoms with Gasteiger partial charge in [-0.1, -0.05) is 30.3 Å². The van der Waals surface area contributed by atoms with Crippen molar-refractivity contribution in [3.8, 4) is 11.5 Å². The molecule has 24 heavy (non-hydrogen) atoms. The number of phenols is 2. The van der Waals surface area contributed by atoms with Crippen LogP contribution in [0.1, 0.15) is 11.1 Å². The molecule has 1 atom stereocenters. The topological polar surface area (TPSA) is 121 Å². The van der Waals surface area contributed by atoms with Crippen molar-refractivity contribution in [1.29, 1.82) is 0 Å². The molecule has 5 N–H and O–H groups in total. The fraction of sp³-hybridized carbons (Fsp3) is 0.111. The summed E-state index contributed by atoms with van der Waals surface area (Å²) in [6.07, 6.45) is 4.07. The average Bonchev–Trinajstić information content (AvgIpc) is 2.57. The summed E-state index contributed by atoms with van der Waals surface area (Å²) in [6.45, 7) is 0. The minimum Gasteiger partial charge on any atom is -0.508 e. The zero-order valence-corrected chi connectivity index (χ0v) is 12.9.